The number of hydrogen-bond donors (Lipinski definition) is 2. The molecule has 0 aliphatic rings. The number of anilines is 1. The fraction of sp³-hybridized carbons (Fsp3) is 0.444. The highest BCUT2D eigenvalue weighted by atomic mass is 79.9. The lowest BCUT2D eigenvalue weighted by molar-refractivity contribution is 0.494. The number of pyridine rings is 1. The van der Waals surface area contributed by atoms with Crippen LogP contribution < -0.4 is 9.44 Å². The molecule has 0 aliphatic carbocycles. The molecule has 5 nitrogen and oxygen atoms in total. The van der Waals surface area contributed by atoms with Gasteiger partial charge in [-0.05, 0) is 48.8 Å². The van der Waals surface area contributed by atoms with Crippen LogP contribution in [-0.2, 0) is 10.2 Å². The molecule has 0 aromatic carbocycles. The number of hydrogen-bond acceptors (Lipinski definition) is 3. The lowest BCUT2D eigenvalue weighted by Crippen LogP contribution is -2.43. The van der Waals surface area contributed by atoms with Gasteiger partial charge in [0.2, 0.25) is 0 Å². The molecule has 1 heterocycles. The summed E-state index contributed by atoms with van der Waals surface area (Å²) in [7, 11) is -3.61. The Morgan fingerprint density at radius 1 is 1.38 bits per heavy atom. The standard InChI is InChI=1S/C9H14BrN3O2S/c1-9(2,3)13-16(14,15)12-8-7(10)5-4-6-11-8/h4-6,13H,1-3H3,(H,11,12). The number of aromatic nitrogens is 1. The van der Waals surface area contributed by atoms with Crippen LogP contribution in [0.3, 0.4) is 0 Å². The highest BCUT2D eigenvalue weighted by Crippen LogP contribution is 2.19. The van der Waals surface area contributed by atoms with Gasteiger partial charge >= 0.3 is 10.2 Å². The normalized spacial score (nSPS) is 12.5. The Bertz CT molecular complexity index is 468. The molecule has 0 aliphatic heterocycles. The van der Waals surface area contributed by atoms with E-state index in [0.717, 1.165) is 0 Å². The van der Waals surface area contributed by atoms with Crippen molar-refractivity contribution in [3.63, 3.8) is 0 Å². The highest BCUT2D eigenvalue weighted by molar-refractivity contribution is 9.10. The van der Waals surface area contributed by atoms with Crippen molar-refractivity contribution in [1.82, 2.24) is 9.71 Å². The molecule has 2 N–H and O–H groups in total. The van der Waals surface area contributed by atoms with Crippen molar-refractivity contribution in [2.24, 2.45) is 0 Å². The molecule has 0 bridgehead atoms. The Hall–Kier alpha value is -0.660. The fourth-order valence-electron chi connectivity index (χ4n) is 1.02. The largest absolute Gasteiger partial charge is 0.300 e. The second-order valence-electron chi connectivity index (χ2n) is 4.29. The van der Waals surface area contributed by atoms with E-state index in [1.54, 1.807) is 32.9 Å². The molecule has 0 saturated heterocycles. The molecule has 0 atom stereocenters. The first-order valence-electron chi connectivity index (χ1n) is 4.62. The van der Waals surface area contributed by atoms with E-state index in [1.807, 2.05) is 0 Å². The second kappa shape index (κ2) is 4.68. The second-order valence-corrected chi connectivity index (χ2v) is 6.56. The average molecular weight is 308 g/mol. The smallest absolute Gasteiger partial charge is 0.254 e. The van der Waals surface area contributed by atoms with Gasteiger partial charge < -0.3 is 0 Å². The van der Waals surface area contributed by atoms with E-state index >= 15 is 0 Å². The first-order valence-corrected chi connectivity index (χ1v) is 6.89. The van der Waals surface area contributed by atoms with Crippen LogP contribution in [0.5, 0.6) is 0 Å². The van der Waals surface area contributed by atoms with Gasteiger partial charge in [-0.2, -0.15) is 13.1 Å². The lowest BCUT2D eigenvalue weighted by atomic mass is 10.1. The van der Waals surface area contributed by atoms with Crippen LogP contribution in [0.25, 0.3) is 0 Å². The molecular weight excluding hydrogens is 294 g/mol. The summed E-state index contributed by atoms with van der Waals surface area (Å²) in [5.74, 6) is 0.263. The van der Waals surface area contributed by atoms with Gasteiger partial charge in [0.25, 0.3) is 0 Å². The third-order valence-corrected chi connectivity index (χ3v) is 3.41. The molecule has 1 rings (SSSR count). The third kappa shape index (κ3) is 4.46. The van der Waals surface area contributed by atoms with Crippen molar-refractivity contribution in [2.75, 3.05) is 4.72 Å². The Labute approximate surface area is 104 Å². The van der Waals surface area contributed by atoms with Crippen molar-refractivity contribution in [1.29, 1.82) is 0 Å². The van der Waals surface area contributed by atoms with E-state index < -0.39 is 15.7 Å². The number of halogens is 1. The van der Waals surface area contributed by atoms with E-state index in [4.69, 9.17) is 0 Å². The first-order chi connectivity index (χ1) is 7.20. The van der Waals surface area contributed by atoms with Crippen LogP contribution in [0, 0.1) is 0 Å². The van der Waals surface area contributed by atoms with Gasteiger partial charge in [-0.3, -0.25) is 4.72 Å². The summed E-state index contributed by atoms with van der Waals surface area (Å²) in [5.41, 5.74) is -0.535. The maximum absolute atomic E-state index is 11.7. The van der Waals surface area contributed by atoms with Gasteiger partial charge in [0.05, 0.1) is 4.47 Å². The van der Waals surface area contributed by atoms with Gasteiger partial charge in [0.1, 0.15) is 0 Å². The molecule has 1 aromatic heterocycles. The molecule has 0 spiro atoms. The number of rotatable bonds is 3. The summed E-state index contributed by atoms with van der Waals surface area (Å²) in [5, 5.41) is 0. The monoisotopic (exact) mass is 307 g/mol. The molecule has 90 valence electrons. The molecular formula is C9H14BrN3O2S. The Morgan fingerprint density at radius 3 is 2.50 bits per heavy atom. The molecule has 1 aromatic rings. The summed E-state index contributed by atoms with van der Waals surface area (Å²) >= 11 is 3.21. The molecule has 0 unspecified atom stereocenters. The van der Waals surface area contributed by atoms with E-state index in [2.05, 4.69) is 30.4 Å². The van der Waals surface area contributed by atoms with Crippen LogP contribution >= 0.6 is 15.9 Å². The van der Waals surface area contributed by atoms with Crippen LogP contribution in [0.1, 0.15) is 20.8 Å². The number of nitrogens with zero attached hydrogens (tertiary/aromatic N) is 1. The van der Waals surface area contributed by atoms with Crippen molar-refractivity contribution < 1.29 is 8.42 Å². The lowest BCUT2D eigenvalue weighted by Gasteiger charge is -2.20. The Kier molecular flexibility index (Phi) is 3.92. The molecule has 16 heavy (non-hydrogen) atoms. The predicted molar refractivity (Wildman–Crippen MR) is 67.4 cm³/mol. The van der Waals surface area contributed by atoms with Crippen LogP contribution in [0.15, 0.2) is 22.8 Å². The van der Waals surface area contributed by atoms with Gasteiger partial charge in [-0.25, -0.2) is 4.98 Å². The Morgan fingerprint density at radius 2 is 2.00 bits per heavy atom. The summed E-state index contributed by atoms with van der Waals surface area (Å²) in [4.78, 5) is 3.92. The van der Waals surface area contributed by atoms with Gasteiger partial charge in [-0.15, -0.1) is 0 Å². The minimum absolute atomic E-state index is 0.263. The molecule has 7 heteroatoms. The highest BCUT2D eigenvalue weighted by Gasteiger charge is 2.20. The maximum Gasteiger partial charge on any atom is 0.300 e. The molecule has 0 saturated carbocycles. The average Bonchev–Trinajstić information content (AvgIpc) is 2.04. The predicted octanol–water partition coefficient (Wildman–Crippen LogP) is 1.89. The summed E-state index contributed by atoms with van der Waals surface area (Å²) < 4.78 is 28.8. The zero-order valence-electron chi connectivity index (χ0n) is 9.28. The molecule has 0 fully saturated rings. The fourth-order valence-corrected chi connectivity index (χ4v) is 2.78. The van der Waals surface area contributed by atoms with Gasteiger partial charge in [-0.1, -0.05) is 0 Å². The zero-order valence-corrected chi connectivity index (χ0v) is 11.7. The van der Waals surface area contributed by atoms with E-state index in [1.165, 1.54) is 6.20 Å². The van der Waals surface area contributed by atoms with Gasteiger partial charge in [0, 0.05) is 11.7 Å². The van der Waals surface area contributed by atoms with Crippen molar-refractivity contribution in [3.8, 4) is 0 Å². The topological polar surface area (TPSA) is 71.1 Å². The van der Waals surface area contributed by atoms with Crippen LogP contribution in [-0.4, -0.2) is 18.9 Å². The quantitative estimate of drug-likeness (QED) is 0.896. The van der Waals surface area contributed by atoms with E-state index in [0.29, 0.717) is 4.47 Å². The van der Waals surface area contributed by atoms with E-state index in [9.17, 15) is 8.42 Å². The summed E-state index contributed by atoms with van der Waals surface area (Å²) in [6, 6.07) is 3.42. The molecule has 0 amide bonds. The minimum Gasteiger partial charge on any atom is -0.254 e. The third-order valence-electron chi connectivity index (χ3n) is 1.43. The SMILES string of the molecule is CC(C)(C)NS(=O)(=O)Nc1ncccc1Br. The number of nitrogens with one attached hydrogen (secondary N) is 2. The van der Waals surface area contributed by atoms with Crippen LogP contribution in [0.4, 0.5) is 5.82 Å². The van der Waals surface area contributed by atoms with Gasteiger partial charge in [0.15, 0.2) is 5.82 Å². The molecule has 0 radical (unpaired) electrons. The Balaban J connectivity index is 2.86. The van der Waals surface area contributed by atoms with Crippen molar-refractivity contribution in [3.05, 3.63) is 22.8 Å². The first kappa shape index (κ1) is 13.4. The van der Waals surface area contributed by atoms with E-state index in [-0.39, 0.29) is 5.82 Å². The van der Waals surface area contributed by atoms with Crippen LogP contribution in [0.2, 0.25) is 0 Å². The minimum atomic E-state index is -3.61. The van der Waals surface area contributed by atoms with Crippen molar-refractivity contribution >= 4 is 32.0 Å². The summed E-state index contributed by atoms with van der Waals surface area (Å²) in [6.45, 7) is 5.29. The summed E-state index contributed by atoms with van der Waals surface area (Å²) in [6.07, 6.45) is 1.51. The zero-order chi connectivity index (χ0) is 12.4. The van der Waals surface area contributed by atoms with Crippen molar-refractivity contribution in [2.45, 2.75) is 26.3 Å². The maximum atomic E-state index is 11.7.